The molecule has 0 saturated heterocycles. The first-order valence-electron chi connectivity index (χ1n) is 6.94. The van der Waals surface area contributed by atoms with Crippen LogP contribution in [0.15, 0.2) is 48.5 Å². The number of carboxylic acids is 1. The number of rotatable bonds is 3. The van der Waals surface area contributed by atoms with Crippen LogP contribution in [0.4, 0.5) is 5.69 Å². The minimum absolute atomic E-state index is 0.155. The highest BCUT2D eigenvalue weighted by Gasteiger charge is 2.13. The van der Waals surface area contributed by atoms with E-state index in [1.807, 2.05) is 12.1 Å². The van der Waals surface area contributed by atoms with Gasteiger partial charge in [-0.1, -0.05) is 23.7 Å². The summed E-state index contributed by atoms with van der Waals surface area (Å²) in [4.78, 5) is 16.1. The van der Waals surface area contributed by atoms with Crippen molar-refractivity contribution in [1.29, 1.82) is 0 Å². The van der Waals surface area contributed by atoms with Gasteiger partial charge in [0.1, 0.15) is 0 Å². The van der Waals surface area contributed by atoms with Crippen molar-refractivity contribution in [3.8, 4) is 11.3 Å². The smallest absolute Gasteiger partial charge is 0.336 e. The lowest BCUT2D eigenvalue weighted by Crippen LogP contribution is -2.18. The number of aromatic nitrogens is 1. The van der Waals surface area contributed by atoms with E-state index < -0.39 is 5.97 Å². The second kappa shape index (κ2) is 6.43. The van der Waals surface area contributed by atoms with Crippen LogP contribution in [0, 0.1) is 0 Å². The lowest BCUT2D eigenvalue weighted by Gasteiger charge is -2.09. The van der Waals surface area contributed by atoms with Crippen LogP contribution < -0.4 is 11.1 Å². The molecule has 7 heteroatoms. The average molecular weight is 358 g/mol. The van der Waals surface area contributed by atoms with Crippen molar-refractivity contribution >= 4 is 51.5 Å². The van der Waals surface area contributed by atoms with Gasteiger partial charge in [-0.05, 0) is 48.6 Å². The van der Waals surface area contributed by atoms with Crippen LogP contribution in [-0.4, -0.2) is 21.2 Å². The van der Waals surface area contributed by atoms with Crippen LogP contribution in [0.3, 0.4) is 0 Å². The third-order valence-electron chi connectivity index (χ3n) is 3.45. The lowest BCUT2D eigenvalue weighted by atomic mass is 10.0. The summed E-state index contributed by atoms with van der Waals surface area (Å²) in [5, 5.41) is 13.5. The van der Waals surface area contributed by atoms with E-state index in [1.165, 1.54) is 6.07 Å². The number of nitrogens with zero attached hydrogens (tertiary/aromatic N) is 1. The lowest BCUT2D eigenvalue weighted by molar-refractivity contribution is 0.0699. The minimum atomic E-state index is -1.03. The van der Waals surface area contributed by atoms with Gasteiger partial charge in [-0.2, -0.15) is 0 Å². The van der Waals surface area contributed by atoms with Crippen LogP contribution in [0.5, 0.6) is 0 Å². The molecule has 0 saturated carbocycles. The van der Waals surface area contributed by atoms with Crippen molar-refractivity contribution in [3.63, 3.8) is 0 Å². The van der Waals surface area contributed by atoms with Gasteiger partial charge in [-0.15, -0.1) is 0 Å². The number of carbonyl (C=O) groups is 1. The van der Waals surface area contributed by atoms with E-state index in [1.54, 1.807) is 30.3 Å². The molecule has 0 bridgehead atoms. The van der Waals surface area contributed by atoms with Gasteiger partial charge in [0.25, 0.3) is 0 Å². The summed E-state index contributed by atoms with van der Waals surface area (Å²) >= 11 is 10.8. The fourth-order valence-corrected chi connectivity index (χ4v) is 2.68. The third kappa shape index (κ3) is 3.29. The zero-order valence-corrected chi connectivity index (χ0v) is 13.9. The first-order valence-corrected chi connectivity index (χ1v) is 7.73. The molecule has 0 radical (unpaired) electrons. The highest BCUT2D eigenvalue weighted by atomic mass is 35.5. The molecule has 3 rings (SSSR count). The maximum Gasteiger partial charge on any atom is 0.336 e. The standard InChI is InChI=1S/C17H12ClN3O2S/c18-10-3-6-14-12(7-10)13(16(22)23)8-15(21-14)9-1-4-11(5-2-9)20-17(19)24/h1-8H,(H,22,23)(H3,19,20,24). The summed E-state index contributed by atoms with van der Waals surface area (Å²) in [5.41, 5.74) is 8.24. The van der Waals surface area contributed by atoms with Crippen LogP contribution >= 0.6 is 23.8 Å². The van der Waals surface area contributed by atoms with E-state index in [2.05, 4.69) is 10.3 Å². The highest BCUT2D eigenvalue weighted by molar-refractivity contribution is 7.80. The molecule has 5 nitrogen and oxygen atoms in total. The molecule has 1 aromatic heterocycles. The predicted molar refractivity (Wildman–Crippen MR) is 99.6 cm³/mol. The van der Waals surface area contributed by atoms with Crippen molar-refractivity contribution in [2.24, 2.45) is 5.73 Å². The summed E-state index contributed by atoms with van der Waals surface area (Å²) in [5.74, 6) is -1.03. The molecule has 0 aliphatic rings. The maximum atomic E-state index is 11.6. The zero-order valence-electron chi connectivity index (χ0n) is 12.3. The Morgan fingerprint density at radius 2 is 1.88 bits per heavy atom. The SMILES string of the molecule is NC(=S)Nc1ccc(-c2cc(C(=O)O)c3cc(Cl)ccc3n2)cc1. The summed E-state index contributed by atoms with van der Waals surface area (Å²) in [6.07, 6.45) is 0. The van der Waals surface area contributed by atoms with Gasteiger partial charge in [-0.25, -0.2) is 9.78 Å². The average Bonchev–Trinajstić information content (AvgIpc) is 2.54. The Hall–Kier alpha value is -2.70. The molecule has 0 aliphatic carbocycles. The van der Waals surface area contributed by atoms with Crippen LogP contribution in [0.2, 0.25) is 5.02 Å². The van der Waals surface area contributed by atoms with Crippen molar-refractivity contribution in [3.05, 3.63) is 59.1 Å². The van der Waals surface area contributed by atoms with Crippen molar-refractivity contribution in [2.75, 3.05) is 5.32 Å². The van der Waals surface area contributed by atoms with E-state index in [0.29, 0.717) is 21.6 Å². The normalized spacial score (nSPS) is 10.5. The van der Waals surface area contributed by atoms with E-state index in [4.69, 9.17) is 29.6 Å². The molecule has 3 aromatic rings. The number of nitrogens with two attached hydrogens (primary N) is 1. The molecule has 0 atom stereocenters. The van der Waals surface area contributed by atoms with Crippen LogP contribution in [-0.2, 0) is 0 Å². The Labute approximate surface area is 148 Å². The van der Waals surface area contributed by atoms with Gasteiger partial charge < -0.3 is 16.2 Å². The predicted octanol–water partition coefficient (Wildman–Crippen LogP) is 3.91. The van der Waals surface area contributed by atoms with Gasteiger partial charge in [0, 0.05) is 21.7 Å². The topological polar surface area (TPSA) is 88.2 Å². The first-order chi connectivity index (χ1) is 11.4. The molecular formula is C17H12ClN3O2S. The largest absolute Gasteiger partial charge is 0.478 e. The molecule has 120 valence electrons. The number of nitrogens with one attached hydrogen (secondary N) is 1. The molecule has 0 aliphatic heterocycles. The van der Waals surface area contributed by atoms with Crippen LogP contribution in [0.1, 0.15) is 10.4 Å². The number of hydrogen-bond acceptors (Lipinski definition) is 3. The van der Waals surface area contributed by atoms with Gasteiger partial charge in [0.15, 0.2) is 5.11 Å². The number of carboxylic acid groups (broad SMARTS) is 1. The molecule has 0 fully saturated rings. The van der Waals surface area contributed by atoms with E-state index in [9.17, 15) is 9.90 Å². The van der Waals surface area contributed by atoms with Crippen molar-refractivity contribution < 1.29 is 9.90 Å². The molecule has 24 heavy (non-hydrogen) atoms. The van der Waals surface area contributed by atoms with Crippen molar-refractivity contribution in [1.82, 2.24) is 4.98 Å². The number of halogens is 1. The Balaban J connectivity index is 2.11. The van der Waals surface area contributed by atoms with E-state index in [-0.39, 0.29) is 10.7 Å². The van der Waals surface area contributed by atoms with Crippen molar-refractivity contribution in [2.45, 2.75) is 0 Å². The maximum absolute atomic E-state index is 11.6. The molecule has 4 N–H and O–H groups in total. The Morgan fingerprint density at radius 3 is 2.50 bits per heavy atom. The molecule has 0 amide bonds. The number of hydrogen-bond donors (Lipinski definition) is 3. The number of fused-ring (bicyclic) bond motifs is 1. The summed E-state index contributed by atoms with van der Waals surface area (Å²) in [7, 11) is 0. The summed E-state index contributed by atoms with van der Waals surface area (Å²) in [6.45, 7) is 0. The summed E-state index contributed by atoms with van der Waals surface area (Å²) < 4.78 is 0. The quantitative estimate of drug-likeness (QED) is 0.616. The van der Waals surface area contributed by atoms with Gasteiger partial charge in [0.2, 0.25) is 0 Å². The second-order valence-electron chi connectivity index (χ2n) is 5.09. The third-order valence-corrected chi connectivity index (χ3v) is 3.79. The Bertz CT molecular complexity index is 958. The summed E-state index contributed by atoms with van der Waals surface area (Å²) in [6, 6.07) is 13.7. The fraction of sp³-hybridized carbons (Fsp3) is 0. The number of thiocarbonyl (C=S) groups is 1. The molecule has 1 heterocycles. The number of benzene rings is 2. The minimum Gasteiger partial charge on any atom is -0.478 e. The second-order valence-corrected chi connectivity index (χ2v) is 5.96. The Kier molecular flexibility index (Phi) is 4.33. The molecule has 0 spiro atoms. The Morgan fingerprint density at radius 1 is 1.17 bits per heavy atom. The van der Waals surface area contributed by atoms with Gasteiger partial charge in [0.05, 0.1) is 16.8 Å². The number of pyridine rings is 1. The van der Waals surface area contributed by atoms with Gasteiger partial charge >= 0.3 is 5.97 Å². The van der Waals surface area contributed by atoms with Gasteiger partial charge in [-0.3, -0.25) is 0 Å². The first kappa shape index (κ1) is 16.2. The molecule has 0 unspecified atom stereocenters. The van der Waals surface area contributed by atoms with Crippen LogP contribution in [0.25, 0.3) is 22.2 Å². The highest BCUT2D eigenvalue weighted by Crippen LogP contribution is 2.27. The number of aromatic carboxylic acids is 1. The van der Waals surface area contributed by atoms with E-state index in [0.717, 1.165) is 11.3 Å². The monoisotopic (exact) mass is 357 g/mol. The molecular weight excluding hydrogens is 346 g/mol. The molecule has 2 aromatic carbocycles. The zero-order chi connectivity index (χ0) is 17.3. The number of anilines is 1. The van der Waals surface area contributed by atoms with E-state index >= 15 is 0 Å². The fourth-order valence-electron chi connectivity index (χ4n) is 2.39.